The van der Waals surface area contributed by atoms with Gasteiger partial charge in [-0.2, -0.15) is 0 Å². The normalized spacial score (nSPS) is 18.0. The number of nitrogens with zero attached hydrogens (tertiary/aromatic N) is 2. The average molecular weight is 300 g/mol. The Balaban J connectivity index is 1.78. The summed E-state index contributed by atoms with van der Waals surface area (Å²) < 4.78 is 5.89. The second-order valence-corrected chi connectivity index (χ2v) is 6.11. The van der Waals surface area contributed by atoms with Gasteiger partial charge in [-0.1, -0.05) is 38.0 Å². The third-order valence-electron chi connectivity index (χ3n) is 4.22. The summed E-state index contributed by atoms with van der Waals surface area (Å²) in [6.45, 7) is 4.15. The maximum Gasteiger partial charge on any atom is 0.138 e. The van der Waals surface area contributed by atoms with Gasteiger partial charge < -0.3 is 9.64 Å². The molecule has 1 aliphatic rings. The maximum absolute atomic E-state index is 5.89. The first-order valence-corrected chi connectivity index (χ1v) is 8.56. The van der Waals surface area contributed by atoms with Gasteiger partial charge in [0.05, 0.1) is 6.20 Å². The van der Waals surface area contributed by atoms with Crippen LogP contribution in [0.5, 0.6) is 5.75 Å². The summed E-state index contributed by atoms with van der Waals surface area (Å²) in [5.41, 5.74) is 0.952. The summed E-state index contributed by atoms with van der Waals surface area (Å²) in [5.74, 6) is 7.27. The van der Waals surface area contributed by atoms with Gasteiger partial charge in [0.2, 0.25) is 0 Å². The van der Waals surface area contributed by atoms with Crippen molar-refractivity contribution in [2.45, 2.75) is 57.9 Å². The van der Waals surface area contributed by atoms with Crippen molar-refractivity contribution in [1.29, 1.82) is 0 Å². The number of rotatable bonds is 7. The van der Waals surface area contributed by atoms with E-state index in [2.05, 4.69) is 35.7 Å². The van der Waals surface area contributed by atoms with Crippen molar-refractivity contribution in [2.24, 2.45) is 0 Å². The predicted octanol–water partition coefficient (Wildman–Crippen LogP) is 3.88. The Morgan fingerprint density at radius 1 is 1.32 bits per heavy atom. The van der Waals surface area contributed by atoms with Gasteiger partial charge in [0.15, 0.2) is 0 Å². The Labute approximate surface area is 135 Å². The van der Waals surface area contributed by atoms with E-state index in [0.717, 1.165) is 24.3 Å². The number of likely N-dealkylation sites (tertiary alicyclic amines) is 1. The molecule has 0 N–H and O–H groups in total. The second kappa shape index (κ2) is 9.48. The highest BCUT2D eigenvalue weighted by atomic mass is 16.5. The molecule has 1 saturated heterocycles. The molecule has 1 aromatic heterocycles. The van der Waals surface area contributed by atoms with Crippen LogP contribution in [-0.4, -0.2) is 36.1 Å². The Morgan fingerprint density at radius 3 is 3.00 bits per heavy atom. The molecule has 0 bridgehead atoms. The van der Waals surface area contributed by atoms with E-state index in [1.54, 1.807) is 6.20 Å². The molecule has 0 radical (unpaired) electrons. The summed E-state index contributed by atoms with van der Waals surface area (Å²) in [6, 6.07) is 2.54. The summed E-state index contributed by atoms with van der Waals surface area (Å²) >= 11 is 0. The Morgan fingerprint density at radius 2 is 2.23 bits per heavy atom. The lowest BCUT2D eigenvalue weighted by atomic mass is 10.1. The van der Waals surface area contributed by atoms with Gasteiger partial charge in [-0.05, 0) is 38.9 Å². The minimum atomic E-state index is 0.535. The third-order valence-corrected chi connectivity index (χ3v) is 4.22. The van der Waals surface area contributed by atoms with E-state index in [4.69, 9.17) is 4.74 Å². The molecule has 3 heteroatoms. The van der Waals surface area contributed by atoms with Crippen LogP contribution in [-0.2, 0) is 0 Å². The van der Waals surface area contributed by atoms with Crippen molar-refractivity contribution in [1.82, 2.24) is 9.88 Å². The fourth-order valence-electron chi connectivity index (χ4n) is 2.75. The van der Waals surface area contributed by atoms with E-state index in [1.807, 2.05) is 12.3 Å². The standard InChI is InChI=1S/C19H28N2O/c1-3-4-5-6-7-8-10-17-13-19(15-20-14-17)22-16-18-11-9-12-21(18)2/h13-15,18H,3-7,9,11-12,16H2,1-2H3/t18-/m1/s1. The van der Waals surface area contributed by atoms with E-state index in [0.29, 0.717) is 6.04 Å². The lowest BCUT2D eigenvalue weighted by molar-refractivity contribution is 0.198. The van der Waals surface area contributed by atoms with Gasteiger partial charge in [0, 0.05) is 24.2 Å². The highest BCUT2D eigenvalue weighted by molar-refractivity contribution is 5.36. The molecule has 0 aliphatic carbocycles. The van der Waals surface area contributed by atoms with Crippen LogP contribution in [0.2, 0.25) is 0 Å². The van der Waals surface area contributed by atoms with Crippen LogP contribution < -0.4 is 4.74 Å². The van der Waals surface area contributed by atoms with Crippen LogP contribution in [0.15, 0.2) is 18.5 Å². The van der Waals surface area contributed by atoms with Gasteiger partial charge in [0.25, 0.3) is 0 Å². The molecule has 0 spiro atoms. The first kappa shape index (κ1) is 16.8. The van der Waals surface area contributed by atoms with E-state index >= 15 is 0 Å². The van der Waals surface area contributed by atoms with Crippen molar-refractivity contribution in [3.8, 4) is 17.6 Å². The van der Waals surface area contributed by atoms with Crippen molar-refractivity contribution in [3.63, 3.8) is 0 Å². The zero-order valence-corrected chi connectivity index (χ0v) is 14.0. The summed E-state index contributed by atoms with van der Waals surface area (Å²) in [6.07, 6.45) is 12.1. The van der Waals surface area contributed by atoms with Crippen molar-refractivity contribution in [3.05, 3.63) is 24.0 Å². The maximum atomic E-state index is 5.89. The van der Waals surface area contributed by atoms with Crippen LogP contribution in [0.25, 0.3) is 0 Å². The van der Waals surface area contributed by atoms with Crippen molar-refractivity contribution < 1.29 is 4.74 Å². The third kappa shape index (κ3) is 5.69. The number of hydrogen-bond donors (Lipinski definition) is 0. The van der Waals surface area contributed by atoms with Crippen LogP contribution >= 0.6 is 0 Å². The number of pyridine rings is 1. The minimum absolute atomic E-state index is 0.535. The quantitative estimate of drug-likeness (QED) is 0.564. The SMILES string of the molecule is CCCCCCC#Cc1cncc(OC[C@H]2CCCN2C)c1. The van der Waals surface area contributed by atoms with Crippen LogP contribution in [0, 0.1) is 11.8 Å². The highest BCUT2D eigenvalue weighted by Crippen LogP contribution is 2.17. The molecule has 1 fully saturated rings. The zero-order valence-electron chi connectivity index (χ0n) is 14.0. The lowest BCUT2D eigenvalue weighted by Gasteiger charge is -2.19. The molecule has 22 heavy (non-hydrogen) atoms. The molecule has 1 atom stereocenters. The van der Waals surface area contributed by atoms with E-state index in [-0.39, 0.29) is 0 Å². The largest absolute Gasteiger partial charge is 0.490 e. The van der Waals surface area contributed by atoms with Gasteiger partial charge in [0.1, 0.15) is 12.4 Å². The van der Waals surface area contributed by atoms with E-state index < -0.39 is 0 Å². The topological polar surface area (TPSA) is 25.4 Å². The van der Waals surface area contributed by atoms with E-state index in [9.17, 15) is 0 Å². The molecule has 1 aromatic rings. The fourth-order valence-corrected chi connectivity index (χ4v) is 2.75. The Kier molecular flexibility index (Phi) is 7.25. The first-order valence-electron chi connectivity index (χ1n) is 8.56. The molecule has 3 nitrogen and oxygen atoms in total. The first-order chi connectivity index (χ1) is 10.8. The fraction of sp³-hybridized carbons (Fsp3) is 0.632. The van der Waals surface area contributed by atoms with Crippen LogP contribution in [0.3, 0.4) is 0 Å². The number of likely N-dealkylation sites (N-methyl/N-ethyl adjacent to an activating group) is 1. The molecule has 2 heterocycles. The molecule has 0 saturated carbocycles. The molecule has 0 amide bonds. The smallest absolute Gasteiger partial charge is 0.138 e. The van der Waals surface area contributed by atoms with Gasteiger partial charge >= 0.3 is 0 Å². The van der Waals surface area contributed by atoms with Crippen LogP contribution in [0.4, 0.5) is 0 Å². The van der Waals surface area contributed by atoms with Crippen molar-refractivity contribution >= 4 is 0 Å². The van der Waals surface area contributed by atoms with E-state index in [1.165, 1.54) is 45.1 Å². The highest BCUT2D eigenvalue weighted by Gasteiger charge is 2.21. The summed E-state index contributed by atoms with van der Waals surface area (Å²) in [4.78, 5) is 6.60. The predicted molar refractivity (Wildman–Crippen MR) is 91.0 cm³/mol. The Hall–Kier alpha value is -1.53. The zero-order chi connectivity index (χ0) is 15.6. The molecular formula is C19H28N2O. The molecule has 0 unspecified atom stereocenters. The molecule has 1 aliphatic heterocycles. The molecule has 2 rings (SSSR count). The molecule has 0 aromatic carbocycles. The Bertz CT molecular complexity index is 504. The lowest BCUT2D eigenvalue weighted by Crippen LogP contribution is -2.30. The average Bonchev–Trinajstić information content (AvgIpc) is 2.94. The monoisotopic (exact) mass is 300 g/mol. The molecular weight excluding hydrogens is 272 g/mol. The summed E-state index contributed by atoms with van der Waals surface area (Å²) in [7, 11) is 2.17. The number of hydrogen-bond acceptors (Lipinski definition) is 3. The summed E-state index contributed by atoms with van der Waals surface area (Å²) in [5, 5.41) is 0. The number of aromatic nitrogens is 1. The second-order valence-electron chi connectivity index (χ2n) is 6.11. The van der Waals surface area contributed by atoms with Gasteiger partial charge in [-0.3, -0.25) is 4.98 Å². The molecule has 120 valence electrons. The minimum Gasteiger partial charge on any atom is -0.490 e. The number of ether oxygens (including phenoxy) is 1. The van der Waals surface area contributed by atoms with Gasteiger partial charge in [-0.25, -0.2) is 0 Å². The number of unbranched alkanes of at least 4 members (excludes halogenated alkanes) is 4. The van der Waals surface area contributed by atoms with Crippen LogP contribution in [0.1, 0.15) is 57.4 Å². The van der Waals surface area contributed by atoms with Crippen molar-refractivity contribution in [2.75, 3.05) is 20.2 Å². The van der Waals surface area contributed by atoms with Gasteiger partial charge in [-0.15, -0.1) is 0 Å².